The number of carbonyl (C=O) groups is 3. The first-order chi connectivity index (χ1) is 25.9. The summed E-state index contributed by atoms with van der Waals surface area (Å²) in [4.78, 5) is 45.9. The van der Waals surface area contributed by atoms with Crippen LogP contribution >= 0.6 is 15.9 Å². The van der Waals surface area contributed by atoms with Gasteiger partial charge in [0, 0.05) is 39.4 Å². The largest absolute Gasteiger partial charge is 0.497 e. The molecule has 2 fully saturated rings. The number of aliphatic hydroxyl groups is 1. The maximum absolute atomic E-state index is 15.2. The van der Waals surface area contributed by atoms with E-state index >= 15 is 4.79 Å². The van der Waals surface area contributed by atoms with E-state index in [0.717, 1.165) is 39.9 Å². The predicted molar refractivity (Wildman–Crippen MR) is 217 cm³/mol. The quantitative estimate of drug-likeness (QED) is 0.124. The van der Waals surface area contributed by atoms with Crippen LogP contribution in [0.25, 0.3) is 0 Å². The first kappa shape index (κ1) is 37.8. The summed E-state index contributed by atoms with van der Waals surface area (Å²) in [7, 11) is -0.831. The zero-order chi connectivity index (χ0) is 38.4. The number of ether oxygens (including phenoxy) is 2. The van der Waals surface area contributed by atoms with Crippen molar-refractivity contribution in [2.75, 3.05) is 36.2 Å². The number of likely N-dealkylation sites (tertiary alicyclic amines) is 1. The van der Waals surface area contributed by atoms with E-state index in [2.05, 4.69) is 53.4 Å². The van der Waals surface area contributed by atoms with Gasteiger partial charge in [0.2, 0.25) is 5.91 Å². The third-order valence-corrected chi connectivity index (χ3v) is 16.6. The normalized spacial score (nSPS) is 23.6. The van der Waals surface area contributed by atoms with E-state index in [-0.39, 0.29) is 54.8 Å². The summed E-state index contributed by atoms with van der Waals surface area (Å²) in [5.74, 6) is -0.0161. The fourth-order valence-corrected chi connectivity index (χ4v) is 13.4. The standard InChI is InChI=1S/C42H47BrN4O6Si/c1-26-39(54(3,4)34-17-15-33(52-2)16-18-34)37(23-38(49)46-20-6-9-32(46)25-48)53-42(26)35-22-29(43)12-19-36(35)47(41(42)51)24-27-7-5-8-31(21-27)45-40(50)28-10-13-30(44)14-11-28/h5,7-8,10-19,21-22,26,32,37,39,48H,6,9,20,23-25,44H2,1-4H3,(H,45,50)/t26-,32+,37+,39-,42+/m1/s1. The number of halogens is 1. The summed E-state index contributed by atoms with van der Waals surface area (Å²) in [5, 5.41) is 14.2. The molecule has 0 aromatic heterocycles. The number of nitrogens with zero attached hydrogens (tertiary/aromatic N) is 2. The maximum Gasteiger partial charge on any atom is 0.264 e. The van der Waals surface area contributed by atoms with Crippen LogP contribution in [0.5, 0.6) is 5.75 Å². The smallest absolute Gasteiger partial charge is 0.264 e. The van der Waals surface area contributed by atoms with Crippen LogP contribution < -0.4 is 25.9 Å². The Hall–Kier alpha value is -4.49. The number of rotatable bonds is 10. The molecule has 4 aromatic carbocycles. The third kappa shape index (κ3) is 6.74. The van der Waals surface area contributed by atoms with E-state index in [0.29, 0.717) is 23.5 Å². The van der Waals surface area contributed by atoms with E-state index in [1.165, 1.54) is 5.19 Å². The molecule has 0 unspecified atom stereocenters. The molecule has 3 aliphatic rings. The molecular weight excluding hydrogens is 764 g/mol. The van der Waals surface area contributed by atoms with Crippen LogP contribution in [0.4, 0.5) is 17.1 Å². The lowest BCUT2D eigenvalue weighted by Gasteiger charge is -2.37. The highest BCUT2D eigenvalue weighted by Crippen LogP contribution is 2.60. The first-order valence-corrected chi connectivity index (χ1v) is 22.3. The molecule has 4 aromatic rings. The lowest BCUT2D eigenvalue weighted by molar-refractivity contribution is -0.150. The van der Waals surface area contributed by atoms with Crippen LogP contribution in [-0.2, 0) is 26.5 Å². The highest BCUT2D eigenvalue weighted by molar-refractivity contribution is 9.10. The number of methoxy groups -OCH3 is 1. The van der Waals surface area contributed by atoms with Gasteiger partial charge in [0.1, 0.15) is 5.75 Å². The average Bonchev–Trinajstić information content (AvgIpc) is 3.82. The van der Waals surface area contributed by atoms with Gasteiger partial charge in [-0.2, -0.15) is 0 Å². The monoisotopic (exact) mass is 810 g/mol. The summed E-state index contributed by atoms with van der Waals surface area (Å²) < 4.78 is 13.5. The van der Waals surface area contributed by atoms with Gasteiger partial charge in [0.25, 0.3) is 11.8 Å². The molecule has 3 amide bonds. The van der Waals surface area contributed by atoms with Crippen LogP contribution in [0.15, 0.2) is 95.5 Å². The fourth-order valence-electron chi connectivity index (χ4n) is 9.05. The molecule has 12 heteroatoms. The number of anilines is 3. The Morgan fingerprint density at radius 1 is 1.06 bits per heavy atom. The van der Waals surface area contributed by atoms with Crippen LogP contribution in [0, 0.1) is 5.92 Å². The molecule has 0 bridgehead atoms. The summed E-state index contributed by atoms with van der Waals surface area (Å²) in [6, 6.07) is 28.0. The average molecular weight is 812 g/mol. The maximum atomic E-state index is 15.2. The second-order valence-electron chi connectivity index (χ2n) is 15.3. The highest BCUT2D eigenvalue weighted by Gasteiger charge is 2.66. The Balaban J connectivity index is 1.24. The van der Waals surface area contributed by atoms with E-state index in [1.807, 2.05) is 54.6 Å². The van der Waals surface area contributed by atoms with Crippen molar-refractivity contribution in [1.29, 1.82) is 0 Å². The van der Waals surface area contributed by atoms with Crippen molar-refractivity contribution in [2.24, 2.45) is 5.92 Å². The minimum atomic E-state index is -2.48. The molecule has 7 rings (SSSR count). The molecule has 4 N–H and O–H groups in total. The zero-order valence-electron chi connectivity index (χ0n) is 31.1. The van der Waals surface area contributed by atoms with Gasteiger partial charge in [0.15, 0.2) is 5.60 Å². The molecule has 0 saturated carbocycles. The molecule has 54 heavy (non-hydrogen) atoms. The Bertz CT molecular complexity index is 2060. The summed E-state index contributed by atoms with van der Waals surface area (Å²) >= 11 is 3.68. The number of amides is 3. The first-order valence-electron chi connectivity index (χ1n) is 18.5. The zero-order valence-corrected chi connectivity index (χ0v) is 33.6. The molecule has 5 atom stereocenters. The summed E-state index contributed by atoms with van der Waals surface area (Å²) in [6.45, 7) is 7.48. The summed E-state index contributed by atoms with van der Waals surface area (Å²) in [6.07, 6.45) is 1.19. The molecule has 0 radical (unpaired) electrons. The van der Waals surface area contributed by atoms with Crippen molar-refractivity contribution in [2.45, 2.75) is 69.1 Å². The number of nitrogens with two attached hydrogens (primary N) is 1. The number of hydrogen-bond acceptors (Lipinski definition) is 7. The number of hydrogen-bond donors (Lipinski definition) is 3. The third-order valence-electron chi connectivity index (χ3n) is 11.8. The van der Waals surface area contributed by atoms with Crippen LogP contribution in [0.3, 0.4) is 0 Å². The predicted octanol–water partition coefficient (Wildman–Crippen LogP) is 6.43. The molecule has 0 aliphatic carbocycles. The van der Waals surface area contributed by atoms with Gasteiger partial charge in [-0.25, -0.2) is 0 Å². The molecule has 3 heterocycles. The number of benzene rings is 4. The fraction of sp³-hybridized carbons (Fsp3) is 0.357. The second kappa shape index (κ2) is 15.0. The van der Waals surface area contributed by atoms with Gasteiger partial charge < -0.3 is 35.4 Å². The van der Waals surface area contributed by atoms with Crippen LogP contribution in [0.2, 0.25) is 18.6 Å². The lowest BCUT2D eigenvalue weighted by atomic mass is 9.82. The Kier molecular flexibility index (Phi) is 10.5. The topological polar surface area (TPSA) is 134 Å². The Labute approximate surface area is 325 Å². The molecule has 10 nitrogen and oxygen atoms in total. The number of fused-ring (bicyclic) bond motifs is 2. The SMILES string of the molecule is COc1ccc([Si](C)(C)[C@H]2[C@H](CC(=O)N3CCC[C@H]3CO)O[C@@]3(C(=O)N(Cc4cccc(NC(=O)c5ccc(N)cc5)c4)c4ccc(Br)cc43)[C@@H]2C)cc1. The van der Waals surface area contributed by atoms with E-state index < -0.39 is 19.8 Å². The minimum Gasteiger partial charge on any atom is -0.497 e. The second-order valence-corrected chi connectivity index (χ2v) is 20.9. The Morgan fingerprint density at radius 3 is 2.50 bits per heavy atom. The van der Waals surface area contributed by atoms with Gasteiger partial charge in [0.05, 0.1) is 52.6 Å². The van der Waals surface area contributed by atoms with Gasteiger partial charge in [-0.3, -0.25) is 14.4 Å². The van der Waals surface area contributed by atoms with E-state index in [4.69, 9.17) is 15.2 Å². The highest BCUT2D eigenvalue weighted by atomic mass is 79.9. The van der Waals surface area contributed by atoms with Crippen molar-refractivity contribution in [3.05, 3.63) is 112 Å². The molecular formula is C42H47BrN4O6Si. The Morgan fingerprint density at radius 2 is 1.80 bits per heavy atom. The molecule has 282 valence electrons. The van der Waals surface area contributed by atoms with E-state index in [9.17, 15) is 14.7 Å². The van der Waals surface area contributed by atoms with Gasteiger partial charge >= 0.3 is 0 Å². The molecule has 2 saturated heterocycles. The molecule has 3 aliphatic heterocycles. The van der Waals surface area contributed by atoms with Gasteiger partial charge in [-0.1, -0.05) is 65.4 Å². The van der Waals surface area contributed by atoms with Crippen LogP contribution in [-0.4, -0.2) is 68.2 Å². The number of nitrogens with one attached hydrogen (secondary N) is 1. The number of nitrogen functional groups attached to an aromatic ring is 1. The van der Waals surface area contributed by atoms with Crippen molar-refractivity contribution in [3.63, 3.8) is 0 Å². The van der Waals surface area contributed by atoms with Gasteiger partial charge in [-0.05, 0) is 90.7 Å². The van der Waals surface area contributed by atoms with Crippen molar-refractivity contribution >= 4 is 64.0 Å². The van der Waals surface area contributed by atoms with Gasteiger partial charge in [-0.15, -0.1) is 0 Å². The van der Waals surface area contributed by atoms with E-state index in [1.54, 1.807) is 41.2 Å². The molecule has 1 spiro atoms. The van der Waals surface area contributed by atoms with Crippen molar-refractivity contribution < 1.29 is 29.0 Å². The van der Waals surface area contributed by atoms with Crippen molar-refractivity contribution in [3.8, 4) is 5.75 Å². The van der Waals surface area contributed by atoms with Crippen molar-refractivity contribution in [1.82, 2.24) is 4.90 Å². The number of carbonyl (C=O) groups excluding carboxylic acids is 3. The summed E-state index contributed by atoms with van der Waals surface area (Å²) in [5.41, 5.74) is 8.37. The van der Waals surface area contributed by atoms with Crippen LogP contribution in [0.1, 0.15) is 47.7 Å². The minimum absolute atomic E-state index is 0.0556. The lowest BCUT2D eigenvalue weighted by Crippen LogP contribution is -2.52. The number of aliphatic hydroxyl groups excluding tert-OH is 1.